The first-order valence-corrected chi connectivity index (χ1v) is 6.39. The van der Waals surface area contributed by atoms with Gasteiger partial charge < -0.3 is 4.74 Å². The number of carbonyl (C=O) groups is 1. The number of allylic oxidation sites excluding steroid dienone is 1. The molecule has 0 fully saturated rings. The van der Waals surface area contributed by atoms with Gasteiger partial charge in [0.1, 0.15) is 5.75 Å². The van der Waals surface area contributed by atoms with E-state index in [1.54, 1.807) is 23.9 Å². The van der Waals surface area contributed by atoms with Gasteiger partial charge >= 0.3 is 0 Å². The maximum atomic E-state index is 12.2. The average Bonchev–Trinajstić information content (AvgIpc) is 2.70. The number of rotatable bonds is 4. The van der Waals surface area contributed by atoms with E-state index >= 15 is 0 Å². The Labute approximate surface area is 118 Å². The Kier molecular flexibility index (Phi) is 4.03. The Hall–Kier alpha value is -2.36. The third-order valence-electron chi connectivity index (χ3n) is 3.30. The van der Waals surface area contributed by atoms with Gasteiger partial charge in [-0.2, -0.15) is 5.10 Å². The molecule has 0 aliphatic heterocycles. The largest absolute Gasteiger partial charge is 0.497 e. The van der Waals surface area contributed by atoms with Crippen LogP contribution in [0.5, 0.6) is 5.75 Å². The Bertz CT molecular complexity index is 652. The number of benzene rings is 1. The first kappa shape index (κ1) is 14.1. The predicted molar refractivity (Wildman–Crippen MR) is 79.0 cm³/mol. The van der Waals surface area contributed by atoms with Crippen LogP contribution in [0.2, 0.25) is 0 Å². The zero-order valence-corrected chi connectivity index (χ0v) is 12.2. The fourth-order valence-electron chi connectivity index (χ4n) is 2.10. The highest BCUT2D eigenvalue weighted by Crippen LogP contribution is 2.15. The normalized spacial score (nSPS) is 11.0. The number of aromatic nitrogens is 2. The lowest BCUT2D eigenvalue weighted by molar-refractivity contribution is 0.104. The number of hydrogen-bond acceptors (Lipinski definition) is 3. The topological polar surface area (TPSA) is 44.1 Å². The molecular weight excluding hydrogens is 252 g/mol. The van der Waals surface area contributed by atoms with Crippen molar-refractivity contribution in [2.24, 2.45) is 7.05 Å². The second-order valence-corrected chi connectivity index (χ2v) is 4.64. The zero-order valence-electron chi connectivity index (χ0n) is 12.2. The third kappa shape index (κ3) is 2.79. The molecule has 20 heavy (non-hydrogen) atoms. The number of aryl methyl sites for hydroxylation is 2. The van der Waals surface area contributed by atoms with Gasteiger partial charge in [0.25, 0.3) is 0 Å². The monoisotopic (exact) mass is 270 g/mol. The summed E-state index contributed by atoms with van der Waals surface area (Å²) in [5.41, 5.74) is 3.27. The van der Waals surface area contributed by atoms with Crippen molar-refractivity contribution in [1.82, 2.24) is 9.78 Å². The second-order valence-electron chi connectivity index (χ2n) is 4.64. The quantitative estimate of drug-likeness (QED) is 0.633. The van der Waals surface area contributed by atoms with Crippen molar-refractivity contribution >= 4 is 11.9 Å². The molecule has 4 nitrogen and oxygen atoms in total. The van der Waals surface area contributed by atoms with Gasteiger partial charge in [-0.1, -0.05) is 18.2 Å². The van der Waals surface area contributed by atoms with Crippen molar-refractivity contribution < 1.29 is 9.53 Å². The van der Waals surface area contributed by atoms with E-state index < -0.39 is 0 Å². The van der Waals surface area contributed by atoms with E-state index in [-0.39, 0.29) is 5.78 Å². The minimum atomic E-state index is -0.0241. The van der Waals surface area contributed by atoms with E-state index in [1.165, 1.54) is 0 Å². The second kappa shape index (κ2) is 5.74. The number of ketones is 1. The molecule has 0 saturated carbocycles. The van der Waals surface area contributed by atoms with Crippen LogP contribution >= 0.6 is 0 Å². The summed E-state index contributed by atoms with van der Waals surface area (Å²) in [4.78, 5) is 12.2. The molecule has 0 amide bonds. The number of hydrogen-bond donors (Lipinski definition) is 0. The van der Waals surface area contributed by atoms with Crippen LogP contribution in [-0.4, -0.2) is 22.7 Å². The first-order valence-electron chi connectivity index (χ1n) is 6.39. The van der Waals surface area contributed by atoms with Crippen LogP contribution in [0.3, 0.4) is 0 Å². The molecule has 4 heteroatoms. The highest BCUT2D eigenvalue weighted by atomic mass is 16.5. The van der Waals surface area contributed by atoms with Crippen LogP contribution in [0.4, 0.5) is 0 Å². The fraction of sp³-hybridized carbons (Fsp3) is 0.250. The predicted octanol–water partition coefficient (Wildman–Crippen LogP) is 2.94. The molecule has 2 rings (SSSR count). The Morgan fingerprint density at radius 3 is 2.40 bits per heavy atom. The molecule has 0 atom stereocenters. The standard InChI is InChI=1S/C16H18N2O2/c1-11-16(12(2)18(3)17-11)15(19)10-7-13-5-8-14(20-4)9-6-13/h5-10H,1-4H3/b10-7-. The van der Waals surface area contributed by atoms with Crippen molar-refractivity contribution in [1.29, 1.82) is 0 Å². The van der Waals surface area contributed by atoms with Crippen LogP contribution in [-0.2, 0) is 7.05 Å². The molecule has 1 aromatic carbocycles. The van der Waals surface area contributed by atoms with Crippen molar-refractivity contribution in [3.63, 3.8) is 0 Å². The molecule has 1 aromatic heterocycles. The van der Waals surface area contributed by atoms with Crippen molar-refractivity contribution in [3.05, 3.63) is 52.9 Å². The Morgan fingerprint density at radius 2 is 1.90 bits per heavy atom. The lowest BCUT2D eigenvalue weighted by atomic mass is 10.1. The van der Waals surface area contributed by atoms with E-state index in [4.69, 9.17) is 4.74 Å². The van der Waals surface area contributed by atoms with E-state index in [2.05, 4.69) is 5.10 Å². The molecule has 0 unspecified atom stereocenters. The lowest BCUT2D eigenvalue weighted by Gasteiger charge is -1.99. The van der Waals surface area contributed by atoms with Crippen LogP contribution in [0.15, 0.2) is 30.3 Å². The molecule has 1 heterocycles. The van der Waals surface area contributed by atoms with E-state index in [9.17, 15) is 4.79 Å². The molecule has 104 valence electrons. The summed E-state index contributed by atoms with van der Waals surface area (Å²) >= 11 is 0. The molecule has 0 aliphatic rings. The summed E-state index contributed by atoms with van der Waals surface area (Å²) in [7, 11) is 3.47. The van der Waals surface area contributed by atoms with E-state index in [0.717, 1.165) is 22.7 Å². The van der Waals surface area contributed by atoms with Gasteiger partial charge in [-0.3, -0.25) is 9.48 Å². The molecule has 0 N–H and O–H groups in total. The SMILES string of the molecule is COc1ccc(/C=C\C(=O)c2c(C)nn(C)c2C)cc1. The summed E-state index contributed by atoms with van der Waals surface area (Å²) in [5.74, 6) is 0.774. The summed E-state index contributed by atoms with van der Waals surface area (Å²) in [5, 5.41) is 4.25. The number of carbonyl (C=O) groups excluding carboxylic acids is 1. The van der Waals surface area contributed by atoms with Gasteiger partial charge in [-0.25, -0.2) is 0 Å². The van der Waals surface area contributed by atoms with Gasteiger partial charge in [0.2, 0.25) is 0 Å². The van der Waals surface area contributed by atoms with Gasteiger partial charge in [-0.15, -0.1) is 0 Å². The van der Waals surface area contributed by atoms with Crippen LogP contribution in [0, 0.1) is 13.8 Å². The molecular formula is C16H18N2O2. The molecule has 0 spiro atoms. The van der Waals surface area contributed by atoms with Crippen LogP contribution < -0.4 is 4.74 Å². The Morgan fingerprint density at radius 1 is 1.25 bits per heavy atom. The molecule has 0 saturated heterocycles. The van der Waals surface area contributed by atoms with Gasteiger partial charge in [0.05, 0.1) is 18.4 Å². The van der Waals surface area contributed by atoms with Crippen LogP contribution in [0.1, 0.15) is 27.3 Å². The third-order valence-corrected chi connectivity index (χ3v) is 3.30. The van der Waals surface area contributed by atoms with Crippen molar-refractivity contribution in [2.45, 2.75) is 13.8 Å². The lowest BCUT2D eigenvalue weighted by Crippen LogP contribution is -1.99. The van der Waals surface area contributed by atoms with E-state index in [1.807, 2.05) is 45.2 Å². The summed E-state index contributed by atoms with van der Waals surface area (Å²) in [6.45, 7) is 3.75. The number of nitrogens with zero attached hydrogens (tertiary/aromatic N) is 2. The maximum Gasteiger partial charge on any atom is 0.189 e. The number of ether oxygens (including phenoxy) is 1. The Balaban J connectivity index is 2.20. The minimum absolute atomic E-state index is 0.0241. The van der Waals surface area contributed by atoms with E-state index in [0.29, 0.717) is 5.56 Å². The molecule has 2 aromatic rings. The smallest absolute Gasteiger partial charge is 0.189 e. The van der Waals surface area contributed by atoms with Gasteiger partial charge in [0.15, 0.2) is 5.78 Å². The fourth-order valence-corrected chi connectivity index (χ4v) is 2.10. The summed E-state index contributed by atoms with van der Waals surface area (Å²) < 4.78 is 6.82. The van der Waals surface area contributed by atoms with Gasteiger partial charge in [0, 0.05) is 12.7 Å². The summed E-state index contributed by atoms with van der Waals surface area (Å²) in [6.07, 6.45) is 3.38. The van der Waals surface area contributed by atoms with Crippen molar-refractivity contribution in [3.8, 4) is 5.75 Å². The summed E-state index contributed by atoms with van der Waals surface area (Å²) in [6, 6.07) is 7.55. The minimum Gasteiger partial charge on any atom is -0.497 e. The molecule has 0 radical (unpaired) electrons. The molecule has 0 aliphatic carbocycles. The first-order chi connectivity index (χ1) is 9.52. The molecule has 0 bridgehead atoms. The van der Waals surface area contributed by atoms with Crippen molar-refractivity contribution in [2.75, 3.05) is 7.11 Å². The highest BCUT2D eigenvalue weighted by molar-refractivity contribution is 6.08. The average molecular weight is 270 g/mol. The van der Waals surface area contributed by atoms with Crippen LogP contribution in [0.25, 0.3) is 6.08 Å². The number of methoxy groups -OCH3 is 1. The highest BCUT2D eigenvalue weighted by Gasteiger charge is 2.14. The zero-order chi connectivity index (χ0) is 14.7. The van der Waals surface area contributed by atoms with Gasteiger partial charge in [-0.05, 0) is 37.6 Å². The maximum absolute atomic E-state index is 12.2.